The molecule has 62 heavy (non-hydrogen) atoms. The summed E-state index contributed by atoms with van der Waals surface area (Å²) >= 11 is 0. The van der Waals surface area contributed by atoms with E-state index in [1.807, 2.05) is 30.3 Å². The fourth-order valence-corrected chi connectivity index (χ4v) is 11.4. The number of rotatable bonds is 14. The Labute approximate surface area is 365 Å². The number of ether oxygens (including phenoxy) is 1. The molecule has 1 atom stereocenters. The number of primary amides is 1. The van der Waals surface area contributed by atoms with Crippen molar-refractivity contribution in [1.29, 1.82) is 0 Å². The Balaban J connectivity index is 0.00000306. The van der Waals surface area contributed by atoms with Gasteiger partial charge in [0.15, 0.2) is 0 Å². The number of hydrogen-bond donors (Lipinski definition) is 2. The van der Waals surface area contributed by atoms with Crippen LogP contribution in [0.5, 0.6) is 5.75 Å². The summed E-state index contributed by atoms with van der Waals surface area (Å²) < 4.78 is 25.0. The van der Waals surface area contributed by atoms with Gasteiger partial charge in [-0.3, -0.25) is 24.4 Å². The quantitative estimate of drug-likeness (QED) is 0.158. The normalized spacial score (nSPS) is 21.0. The molecule has 1 saturated carbocycles. The highest BCUT2D eigenvalue weighted by Gasteiger charge is 2.43. The van der Waals surface area contributed by atoms with Crippen LogP contribution in [0.4, 0.5) is 11.5 Å². The first-order valence-electron chi connectivity index (χ1n) is 22.0. The number of H-pyrrole nitrogens is 1. The van der Waals surface area contributed by atoms with E-state index in [2.05, 4.69) is 41.8 Å². The van der Waals surface area contributed by atoms with E-state index in [0.29, 0.717) is 29.9 Å². The number of aromatic amines is 1. The fraction of sp³-hybridized carbons (Fsp3) is 0.533. The van der Waals surface area contributed by atoms with E-state index in [-0.39, 0.29) is 38.2 Å². The van der Waals surface area contributed by atoms with Crippen LogP contribution in [-0.4, -0.2) is 133 Å². The lowest BCUT2D eigenvalue weighted by Crippen LogP contribution is -2.48. The molecule has 9 rings (SSSR count). The van der Waals surface area contributed by atoms with Crippen LogP contribution in [0.15, 0.2) is 53.2 Å². The predicted molar refractivity (Wildman–Crippen MR) is 241 cm³/mol. The minimum absolute atomic E-state index is 0. The second kappa shape index (κ2) is 17.0. The SMILES string of the molecule is CC(=O)CCC(C(N)=O)N1C(=O)c2ccc(N3CCC(CN4CCS(=O)(=NCC5CCN(c6cc(-c7n[nH]c8ccc(OC9(C)CC9)cc78)ncn6)CC5)CC4)CC3)cc2C1=O.[HH].[HH]. The summed E-state index contributed by atoms with van der Waals surface area (Å²) in [6.45, 7) is 10.0. The molecule has 1 aliphatic carbocycles. The Morgan fingerprint density at radius 3 is 2.35 bits per heavy atom. The smallest absolute Gasteiger partial charge is 0.262 e. The molecule has 6 heterocycles. The number of nitrogens with zero attached hydrogens (tertiary/aromatic N) is 8. The summed E-state index contributed by atoms with van der Waals surface area (Å²) in [5.41, 5.74) is 9.36. The number of carbonyl (C=O) groups excluding carboxylic acids is 4. The van der Waals surface area contributed by atoms with Gasteiger partial charge in [-0.05, 0) is 107 Å². The minimum atomic E-state index is -2.24. The van der Waals surface area contributed by atoms with Gasteiger partial charge in [0.2, 0.25) is 5.91 Å². The molecule has 17 heteroatoms. The molecule has 0 radical (unpaired) electrons. The molecule has 0 bridgehead atoms. The maximum Gasteiger partial charge on any atom is 0.262 e. The van der Waals surface area contributed by atoms with Crippen molar-refractivity contribution in [2.75, 3.05) is 73.7 Å². The third kappa shape index (κ3) is 8.91. The highest BCUT2D eigenvalue weighted by Crippen LogP contribution is 2.41. The topological polar surface area (TPSA) is 200 Å². The zero-order valence-electron chi connectivity index (χ0n) is 35.6. The van der Waals surface area contributed by atoms with Crippen molar-refractivity contribution in [3.63, 3.8) is 0 Å². The highest BCUT2D eigenvalue weighted by molar-refractivity contribution is 7.93. The zero-order chi connectivity index (χ0) is 43.2. The lowest BCUT2D eigenvalue weighted by Gasteiger charge is -2.37. The molecule has 3 saturated heterocycles. The van der Waals surface area contributed by atoms with Gasteiger partial charge < -0.3 is 30.0 Å². The molecule has 2 aromatic heterocycles. The number of imide groups is 1. The highest BCUT2D eigenvalue weighted by atomic mass is 32.2. The van der Waals surface area contributed by atoms with Gasteiger partial charge in [0, 0.05) is 93.5 Å². The Morgan fingerprint density at radius 2 is 1.65 bits per heavy atom. The van der Waals surface area contributed by atoms with Crippen LogP contribution in [0.1, 0.15) is 88.8 Å². The van der Waals surface area contributed by atoms with Crippen LogP contribution >= 0.6 is 0 Å². The molecule has 4 fully saturated rings. The third-order valence-corrected chi connectivity index (χ3v) is 15.8. The second-order valence-electron chi connectivity index (χ2n) is 18.1. The molecular weight excluding hydrogens is 809 g/mol. The molecular formula is C45H60N10O6S. The van der Waals surface area contributed by atoms with Gasteiger partial charge >= 0.3 is 0 Å². The van der Waals surface area contributed by atoms with Crippen molar-refractivity contribution in [2.45, 2.75) is 76.9 Å². The van der Waals surface area contributed by atoms with Gasteiger partial charge in [0.25, 0.3) is 11.8 Å². The summed E-state index contributed by atoms with van der Waals surface area (Å²) in [4.78, 5) is 67.4. The van der Waals surface area contributed by atoms with Crippen molar-refractivity contribution in [3.8, 4) is 17.1 Å². The Morgan fingerprint density at radius 1 is 0.935 bits per heavy atom. The molecule has 0 spiro atoms. The number of fused-ring (bicyclic) bond motifs is 2. The number of nitrogens with one attached hydrogen (secondary N) is 1. The van der Waals surface area contributed by atoms with Crippen molar-refractivity contribution in [3.05, 3.63) is 59.9 Å². The number of benzene rings is 2. The lowest BCUT2D eigenvalue weighted by molar-refractivity contribution is -0.122. The van der Waals surface area contributed by atoms with Crippen LogP contribution in [0.25, 0.3) is 22.3 Å². The van der Waals surface area contributed by atoms with E-state index in [9.17, 15) is 23.4 Å². The van der Waals surface area contributed by atoms with Gasteiger partial charge in [-0.25, -0.2) is 18.5 Å². The number of Topliss-reactive ketones (excluding diaryl/α,β-unsaturated/α-hetero) is 1. The maximum absolute atomic E-state index is 13.9. The van der Waals surface area contributed by atoms with Gasteiger partial charge in [0.1, 0.15) is 41.0 Å². The summed E-state index contributed by atoms with van der Waals surface area (Å²) in [6.07, 6.45) is 7.69. The van der Waals surface area contributed by atoms with E-state index in [1.165, 1.54) is 6.92 Å². The fourth-order valence-electron chi connectivity index (χ4n) is 9.32. The van der Waals surface area contributed by atoms with Crippen LogP contribution in [0, 0.1) is 11.8 Å². The first-order valence-corrected chi connectivity index (χ1v) is 23.9. The van der Waals surface area contributed by atoms with E-state index in [0.717, 1.165) is 129 Å². The molecule has 3 N–H and O–H groups in total. The van der Waals surface area contributed by atoms with E-state index >= 15 is 0 Å². The monoisotopic (exact) mass is 868 g/mol. The third-order valence-electron chi connectivity index (χ3n) is 13.5. The number of hydrogen-bond acceptors (Lipinski definition) is 13. The largest absolute Gasteiger partial charge is 0.488 e. The average Bonchev–Trinajstić information content (AvgIpc) is 3.76. The van der Waals surface area contributed by atoms with Crippen LogP contribution in [0.2, 0.25) is 0 Å². The maximum atomic E-state index is 13.9. The molecule has 4 aliphatic heterocycles. The molecule has 1 unspecified atom stereocenters. The van der Waals surface area contributed by atoms with Crippen LogP contribution < -0.4 is 20.3 Å². The molecule has 332 valence electrons. The van der Waals surface area contributed by atoms with Crippen molar-refractivity contribution < 1.29 is 31.0 Å². The number of ketones is 1. The van der Waals surface area contributed by atoms with Crippen LogP contribution in [0.3, 0.4) is 0 Å². The Bertz CT molecular complexity index is 2510. The molecule has 16 nitrogen and oxygen atoms in total. The van der Waals surface area contributed by atoms with E-state index in [4.69, 9.17) is 14.8 Å². The van der Waals surface area contributed by atoms with Crippen molar-refractivity contribution >= 4 is 55.6 Å². The zero-order valence-corrected chi connectivity index (χ0v) is 36.4. The number of piperidine rings is 2. The number of carbonyl (C=O) groups is 4. The average molecular weight is 869 g/mol. The predicted octanol–water partition coefficient (Wildman–Crippen LogP) is 5.18. The number of anilines is 2. The van der Waals surface area contributed by atoms with Gasteiger partial charge in [-0.15, -0.1) is 0 Å². The Kier molecular flexibility index (Phi) is 11.5. The van der Waals surface area contributed by atoms with Gasteiger partial charge in [0.05, 0.1) is 28.9 Å². The molecule has 5 aliphatic rings. The summed E-state index contributed by atoms with van der Waals surface area (Å²) in [5.74, 6) is 1.77. The first-order chi connectivity index (χ1) is 29.8. The van der Waals surface area contributed by atoms with E-state index < -0.39 is 33.5 Å². The lowest BCUT2D eigenvalue weighted by atomic mass is 9.95. The van der Waals surface area contributed by atoms with Gasteiger partial charge in [-0.1, -0.05) is 0 Å². The van der Waals surface area contributed by atoms with Crippen molar-refractivity contribution in [2.24, 2.45) is 21.9 Å². The molecule has 3 amide bonds. The number of nitrogens with two attached hydrogens (primary N) is 1. The summed E-state index contributed by atoms with van der Waals surface area (Å²) in [5, 5.41) is 8.71. The van der Waals surface area contributed by atoms with E-state index in [1.54, 1.807) is 18.5 Å². The van der Waals surface area contributed by atoms with Crippen molar-refractivity contribution in [1.82, 2.24) is 30.0 Å². The molecule has 2 aromatic carbocycles. The number of amides is 3. The summed E-state index contributed by atoms with van der Waals surface area (Å²) in [7, 11) is -2.24. The first kappa shape index (κ1) is 41.9. The Hall–Kier alpha value is -5.42. The van der Waals surface area contributed by atoms with Crippen LogP contribution in [-0.2, 0) is 19.3 Å². The minimum Gasteiger partial charge on any atom is -0.488 e. The van der Waals surface area contributed by atoms with Gasteiger partial charge in [-0.2, -0.15) is 5.10 Å². The molecule has 4 aromatic rings. The summed E-state index contributed by atoms with van der Waals surface area (Å²) in [6, 6.07) is 12.1. The standard InChI is InChI=1S/C45H56N10O6S.2H2/c1-29(56)3-8-39(42(46)57)55-43(58)34-6-4-32(23-35(34)44(55)59)53-15-11-31(12-16-53)27-52-19-21-62(60,22-20-52)49-26-30-9-17-54(18-10-30)40-25-38(47-28-48-40)41-36-24-33(61-45(2)13-14-45)5-7-37(36)50-51-41;;/h4-7,23-25,28,30-31,39H,3,8-22,26-27H2,1-2H3,(H2,46,57)(H,50,51);2*1H. The second-order valence-corrected chi connectivity index (χ2v) is 20.7. The number of aromatic nitrogens is 4.